The van der Waals surface area contributed by atoms with E-state index < -0.39 is 0 Å². The van der Waals surface area contributed by atoms with Gasteiger partial charge in [-0.15, -0.1) is 0 Å². The Labute approximate surface area is 145 Å². The summed E-state index contributed by atoms with van der Waals surface area (Å²) < 4.78 is 5.73. The number of aliphatic hydroxyl groups excluding tert-OH is 1. The Morgan fingerprint density at radius 3 is 2.40 bits per heavy atom. The van der Waals surface area contributed by atoms with Crippen LogP contribution in [0.2, 0.25) is 0 Å². The lowest BCUT2D eigenvalue weighted by Gasteiger charge is -2.07. The van der Waals surface area contributed by atoms with Gasteiger partial charge in [0.2, 0.25) is 0 Å². The van der Waals surface area contributed by atoms with Gasteiger partial charge in [-0.1, -0.05) is 18.2 Å². The van der Waals surface area contributed by atoms with Crippen molar-refractivity contribution in [2.75, 3.05) is 0 Å². The number of nitrogens with zero attached hydrogens (tertiary/aromatic N) is 2. The maximum absolute atomic E-state index is 10.1. The van der Waals surface area contributed by atoms with Crippen LogP contribution in [-0.2, 0) is 6.61 Å². The smallest absolute Gasteiger partial charge is 0.145 e. The summed E-state index contributed by atoms with van der Waals surface area (Å²) in [6, 6.07) is 16.8. The molecule has 3 aromatic rings. The number of aromatic nitrogens is 1. The summed E-state index contributed by atoms with van der Waals surface area (Å²) in [6.45, 7) is 1.48. The Bertz CT molecular complexity index is 875. The largest absolute Gasteiger partial charge is 0.505 e. The summed E-state index contributed by atoms with van der Waals surface area (Å²) in [5, 5.41) is 19.5. The first-order valence-electron chi connectivity index (χ1n) is 7.82. The molecule has 0 aliphatic rings. The van der Waals surface area contributed by atoms with Crippen LogP contribution in [0, 0.1) is 6.92 Å². The van der Waals surface area contributed by atoms with E-state index in [1.54, 1.807) is 6.92 Å². The van der Waals surface area contributed by atoms with Crippen LogP contribution >= 0.6 is 0 Å². The zero-order chi connectivity index (χ0) is 17.6. The van der Waals surface area contributed by atoms with E-state index in [-0.39, 0.29) is 12.4 Å². The molecule has 1 aromatic heterocycles. The maximum atomic E-state index is 10.1. The third-order valence-corrected chi connectivity index (χ3v) is 3.69. The maximum Gasteiger partial charge on any atom is 0.145 e. The van der Waals surface area contributed by atoms with Crippen molar-refractivity contribution < 1.29 is 14.9 Å². The van der Waals surface area contributed by atoms with Crippen LogP contribution in [0.15, 0.2) is 65.8 Å². The SMILES string of the molecule is Cc1ncc(CO)c(C=Nc2ccc(Oc3ccccc3)cc2)c1O. The third kappa shape index (κ3) is 4.02. The third-order valence-electron chi connectivity index (χ3n) is 3.69. The van der Waals surface area contributed by atoms with Crippen molar-refractivity contribution in [3.05, 3.63) is 77.6 Å². The second kappa shape index (κ2) is 7.59. The molecule has 25 heavy (non-hydrogen) atoms. The molecule has 0 unspecified atom stereocenters. The zero-order valence-corrected chi connectivity index (χ0v) is 13.8. The Morgan fingerprint density at radius 2 is 1.72 bits per heavy atom. The summed E-state index contributed by atoms with van der Waals surface area (Å²) in [6.07, 6.45) is 3.07. The van der Waals surface area contributed by atoms with Gasteiger partial charge in [-0.3, -0.25) is 9.98 Å². The van der Waals surface area contributed by atoms with Crippen molar-refractivity contribution in [2.24, 2.45) is 4.99 Å². The molecule has 0 atom stereocenters. The predicted molar refractivity (Wildman–Crippen MR) is 96.8 cm³/mol. The van der Waals surface area contributed by atoms with Crippen molar-refractivity contribution in [1.82, 2.24) is 4.98 Å². The van der Waals surface area contributed by atoms with Crippen LogP contribution in [0.25, 0.3) is 0 Å². The molecule has 3 rings (SSSR count). The number of pyridine rings is 1. The van der Waals surface area contributed by atoms with Crippen LogP contribution in [-0.4, -0.2) is 21.4 Å². The number of para-hydroxylation sites is 1. The lowest BCUT2D eigenvalue weighted by atomic mass is 10.1. The van der Waals surface area contributed by atoms with Crippen LogP contribution < -0.4 is 4.74 Å². The van der Waals surface area contributed by atoms with E-state index in [2.05, 4.69) is 9.98 Å². The first-order valence-corrected chi connectivity index (χ1v) is 7.82. The number of hydrogen-bond acceptors (Lipinski definition) is 5. The molecule has 0 aliphatic carbocycles. The number of ether oxygens (including phenoxy) is 1. The van der Waals surface area contributed by atoms with E-state index in [4.69, 9.17) is 4.74 Å². The monoisotopic (exact) mass is 334 g/mol. The van der Waals surface area contributed by atoms with Crippen molar-refractivity contribution in [3.8, 4) is 17.2 Å². The highest BCUT2D eigenvalue weighted by atomic mass is 16.5. The molecule has 0 saturated heterocycles. The van der Waals surface area contributed by atoms with Gasteiger partial charge in [0.25, 0.3) is 0 Å². The van der Waals surface area contributed by atoms with Crippen LogP contribution in [0.5, 0.6) is 17.2 Å². The molecule has 0 bridgehead atoms. The van der Waals surface area contributed by atoms with Gasteiger partial charge in [0.15, 0.2) is 0 Å². The summed E-state index contributed by atoms with van der Waals surface area (Å²) in [4.78, 5) is 8.38. The topological polar surface area (TPSA) is 74.9 Å². The molecule has 2 N–H and O–H groups in total. The molecule has 0 radical (unpaired) electrons. The van der Waals surface area contributed by atoms with E-state index in [1.165, 1.54) is 12.4 Å². The normalized spacial score (nSPS) is 11.0. The van der Waals surface area contributed by atoms with Gasteiger partial charge >= 0.3 is 0 Å². The Kier molecular flexibility index (Phi) is 5.06. The number of aryl methyl sites for hydroxylation is 1. The van der Waals surface area contributed by atoms with E-state index in [0.717, 1.165) is 5.75 Å². The highest BCUT2D eigenvalue weighted by molar-refractivity contribution is 5.87. The lowest BCUT2D eigenvalue weighted by molar-refractivity contribution is 0.280. The number of hydrogen-bond donors (Lipinski definition) is 2. The molecular weight excluding hydrogens is 316 g/mol. The average molecular weight is 334 g/mol. The number of benzene rings is 2. The highest BCUT2D eigenvalue weighted by Gasteiger charge is 2.09. The molecule has 0 aliphatic heterocycles. The Morgan fingerprint density at radius 1 is 1.04 bits per heavy atom. The van der Waals surface area contributed by atoms with Crippen molar-refractivity contribution >= 4 is 11.9 Å². The standard InChI is InChI=1S/C20H18N2O3/c1-14-20(24)19(15(13-23)11-21-14)12-22-16-7-9-18(10-8-16)25-17-5-3-2-4-6-17/h2-12,23-24H,13H2,1H3. The zero-order valence-electron chi connectivity index (χ0n) is 13.8. The minimum Gasteiger partial charge on any atom is -0.505 e. The number of aliphatic hydroxyl groups is 1. The minimum absolute atomic E-state index is 0.0272. The van der Waals surface area contributed by atoms with E-state index in [1.807, 2.05) is 54.6 Å². The van der Waals surface area contributed by atoms with Gasteiger partial charge in [0.1, 0.15) is 17.2 Å². The average Bonchev–Trinajstić information content (AvgIpc) is 2.65. The highest BCUT2D eigenvalue weighted by Crippen LogP contribution is 2.25. The van der Waals surface area contributed by atoms with Gasteiger partial charge in [0.05, 0.1) is 18.0 Å². The van der Waals surface area contributed by atoms with Crippen molar-refractivity contribution in [3.63, 3.8) is 0 Å². The fourth-order valence-corrected chi connectivity index (χ4v) is 2.29. The molecule has 0 saturated carbocycles. The van der Waals surface area contributed by atoms with E-state index >= 15 is 0 Å². The molecule has 2 aromatic carbocycles. The first-order chi connectivity index (χ1) is 12.2. The van der Waals surface area contributed by atoms with E-state index in [0.29, 0.717) is 28.3 Å². The van der Waals surface area contributed by atoms with Gasteiger partial charge < -0.3 is 14.9 Å². The summed E-state index contributed by atoms with van der Waals surface area (Å²) >= 11 is 0. The summed E-state index contributed by atoms with van der Waals surface area (Å²) in [7, 11) is 0. The Balaban J connectivity index is 1.78. The minimum atomic E-state index is -0.216. The molecule has 0 fully saturated rings. The van der Waals surface area contributed by atoms with E-state index in [9.17, 15) is 10.2 Å². The number of aromatic hydroxyl groups is 1. The predicted octanol–water partition coefficient (Wildman–Crippen LogP) is 4.13. The quantitative estimate of drug-likeness (QED) is 0.688. The molecular formula is C20H18N2O3. The molecule has 0 amide bonds. The molecule has 126 valence electrons. The van der Waals surface area contributed by atoms with Crippen molar-refractivity contribution in [1.29, 1.82) is 0 Å². The van der Waals surface area contributed by atoms with Crippen LogP contribution in [0.1, 0.15) is 16.8 Å². The van der Waals surface area contributed by atoms with Gasteiger partial charge in [-0.25, -0.2) is 0 Å². The number of rotatable bonds is 5. The molecule has 1 heterocycles. The summed E-state index contributed by atoms with van der Waals surface area (Å²) in [5.74, 6) is 1.51. The van der Waals surface area contributed by atoms with Gasteiger partial charge in [-0.05, 0) is 43.3 Å². The second-order valence-corrected chi connectivity index (χ2v) is 5.46. The van der Waals surface area contributed by atoms with Crippen LogP contribution in [0.3, 0.4) is 0 Å². The van der Waals surface area contributed by atoms with Gasteiger partial charge in [-0.2, -0.15) is 0 Å². The summed E-state index contributed by atoms with van der Waals surface area (Å²) in [5.41, 5.74) is 2.19. The lowest BCUT2D eigenvalue weighted by Crippen LogP contribution is -1.97. The Hall–Kier alpha value is -3.18. The molecule has 0 spiro atoms. The van der Waals surface area contributed by atoms with Crippen LogP contribution in [0.4, 0.5) is 5.69 Å². The molecule has 5 heteroatoms. The molecule has 5 nitrogen and oxygen atoms in total. The second-order valence-electron chi connectivity index (χ2n) is 5.46. The number of aliphatic imine (C=N–C) groups is 1. The van der Waals surface area contributed by atoms with Crippen molar-refractivity contribution in [2.45, 2.75) is 13.5 Å². The first kappa shape index (κ1) is 16.7. The van der Waals surface area contributed by atoms with Gasteiger partial charge in [0, 0.05) is 23.5 Å². The fourth-order valence-electron chi connectivity index (χ4n) is 2.29. The fraction of sp³-hybridized carbons (Fsp3) is 0.100.